The second-order valence-corrected chi connectivity index (χ2v) is 7.62. The fourth-order valence-electron chi connectivity index (χ4n) is 3.40. The van der Waals surface area contributed by atoms with Crippen molar-refractivity contribution in [2.24, 2.45) is 0 Å². The first-order valence-electron chi connectivity index (χ1n) is 9.77. The quantitative estimate of drug-likeness (QED) is 0.720. The van der Waals surface area contributed by atoms with Crippen LogP contribution >= 0.6 is 11.6 Å². The molecule has 2 unspecified atom stereocenters. The van der Waals surface area contributed by atoms with Crippen LogP contribution < -0.4 is 20.3 Å². The van der Waals surface area contributed by atoms with E-state index in [4.69, 9.17) is 16.3 Å². The van der Waals surface area contributed by atoms with E-state index in [1.807, 2.05) is 12.1 Å². The van der Waals surface area contributed by atoms with Gasteiger partial charge in [0.25, 0.3) is 5.91 Å². The van der Waals surface area contributed by atoms with Crippen molar-refractivity contribution in [3.63, 3.8) is 0 Å². The zero-order chi connectivity index (χ0) is 20.8. The number of rotatable bonds is 7. The number of hydrogen-bond donors (Lipinski definition) is 2. The number of nitrogens with one attached hydrogen (secondary N) is 2. The number of hydrogen-bond acceptors (Lipinski definition) is 4. The van der Waals surface area contributed by atoms with Crippen LogP contribution in [0.2, 0.25) is 5.02 Å². The van der Waals surface area contributed by atoms with E-state index in [-0.39, 0.29) is 17.9 Å². The van der Waals surface area contributed by atoms with Gasteiger partial charge in [-0.05, 0) is 68.8 Å². The summed E-state index contributed by atoms with van der Waals surface area (Å²) in [6.45, 7) is 4.72. The maximum absolute atomic E-state index is 13.3. The second-order valence-electron chi connectivity index (χ2n) is 7.19. The summed E-state index contributed by atoms with van der Waals surface area (Å²) in [5, 5.41) is 6.74. The normalized spacial score (nSPS) is 16.9. The molecular weight excluding hydrogens is 390 g/mol. The first kappa shape index (κ1) is 21.1. The fourth-order valence-corrected chi connectivity index (χ4v) is 3.58. The molecule has 3 rings (SSSR count). The van der Waals surface area contributed by atoms with Crippen LogP contribution in [0.3, 0.4) is 0 Å². The van der Waals surface area contributed by atoms with E-state index in [0.717, 1.165) is 25.1 Å². The van der Waals surface area contributed by atoms with Crippen molar-refractivity contribution < 1.29 is 14.3 Å². The van der Waals surface area contributed by atoms with E-state index in [0.29, 0.717) is 23.0 Å². The van der Waals surface area contributed by atoms with Gasteiger partial charge < -0.3 is 20.3 Å². The van der Waals surface area contributed by atoms with Crippen molar-refractivity contribution in [3.05, 3.63) is 53.6 Å². The molecular formula is C22H26ClN3O3. The van der Waals surface area contributed by atoms with Crippen LogP contribution in [-0.4, -0.2) is 37.0 Å². The molecule has 0 aliphatic carbocycles. The molecule has 1 aliphatic rings. The average Bonchev–Trinajstić information content (AvgIpc) is 3.19. The molecule has 2 N–H and O–H groups in total. The molecule has 2 aromatic rings. The van der Waals surface area contributed by atoms with Gasteiger partial charge in [-0.15, -0.1) is 0 Å². The van der Waals surface area contributed by atoms with Crippen molar-refractivity contribution in [2.45, 2.75) is 38.8 Å². The maximum atomic E-state index is 13.3. The highest BCUT2D eigenvalue weighted by molar-refractivity contribution is 6.30. The van der Waals surface area contributed by atoms with Gasteiger partial charge in [0.2, 0.25) is 5.91 Å². The molecule has 1 aliphatic heterocycles. The lowest BCUT2D eigenvalue weighted by atomic mass is 10.1. The summed E-state index contributed by atoms with van der Waals surface area (Å²) < 4.78 is 5.85. The molecule has 2 aromatic carbocycles. The Bertz CT molecular complexity index is 851. The Balaban J connectivity index is 1.78. The van der Waals surface area contributed by atoms with E-state index in [2.05, 4.69) is 10.6 Å². The molecule has 7 heteroatoms. The van der Waals surface area contributed by atoms with E-state index >= 15 is 0 Å². The number of benzene rings is 2. The van der Waals surface area contributed by atoms with Crippen molar-refractivity contribution >= 4 is 34.8 Å². The lowest BCUT2D eigenvalue weighted by molar-refractivity contribution is -0.124. The predicted octanol–water partition coefficient (Wildman–Crippen LogP) is 3.85. The minimum atomic E-state index is -0.676. The van der Waals surface area contributed by atoms with Crippen LogP contribution in [0.5, 0.6) is 5.75 Å². The van der Waals surface area contributed by atoms with Crippen LogP contribution in [0.15, 0.2) is 48.5 Å². The molecule has 0 bridgehead atoms. The molecule has 1 fully saturated rings. The molecule has 1 heterocycles. The molecule has 2 amide bonds. The van der Waals surface area contributed by atoms with Gasteiger partial charge in [0.1, 0.15) is 5.75 Å². The van der Waals surface area contributed by atoms with Gasteiger partial charge in [-0.3, -0.25) is 9.59 Å². The van der Waals surface area contributed by atoms with Gasteiger partial charge in [-0.2, -0.15) is 0 Å². The second kappa shape index (κ2) is 9.76. The smallest absolute Gasteiger partial charge is 0.267 e. The summed E-state index contributed by atoms with van der Waals surface area (Å²) in [7, 11) is 0. The fraction of sp³-hybridized carbons (Fsp3) is 0.364. The number of anilines is 2. The lowest BCUT2D eigenvalue weighted by Gasteiger charge is -2.29. The SMILES string of the molecule is CC(=O)Nc1ccc(N(CC2CCCN2)C(=O)C(C)Oc2cccc(Cl)c2)cc1. The number of nitrogens with zero attached hydrogens (tertiary/aromatic N) is 1. The Morgan fingerprint density at radius 2 is 2.03 bits per heavy atom. The third kappa shape index (κ3) is 5.95. The molecule has 0 aromatic heterocycles. The summed E-state index contributed by atoms with van der Waals surface area (Å²) >= 11 is 6.02. The highest BCUT2D eigenvalue weighted by Gasteiger charge is 2.27. The van der Waals surface area contributed by atoms with E-state index in [1.165, 1.54) is 6.92 Å². The maximum Gasteiger partial charge on any atom is 0.267 e. The van der Waals surface area contributed by atoms with E-state index in [1.54, 1.807) is 48.2 Å². The molecule has 29 heavy (non-hydrogen) atoms. The number of ether oxygens (including phenoxy) is 1. The van der Waals surface area contributed by atoms with Crippen molar-refractivity contribution in [3.8, 4) is 5.75 Å². The number of amides is 2. The molecule has 2 atom stereocenters. The zero-order valence-corrected chi connectivity index (χ0v) is 17.4. The van der Waals surface area contributed by atoms with Crippen molar-refractivity contribution in [2.75, 3.05) is 23.3 Å². The van der Waals surface area contributed by atoms with Gasteiger partial charge in [-0.25, -0.2) is 0 Å². The Morgan fingerprint density at radius 1 is 1.28 bits per heavy atom. The first-order chi connectivity index (χ1) is 13.9. The molecule has 0 radical (unpaired) electrons. The predicted molar refractivity (Wildman–Crippen MR) is 116 cm³/mol. The standard InChI is InChI=1S/C22H26ClN3O3/c1-15(29-21-7-3-5-17(23)13-21)22(28)26(14-19-6-4-12-24-19)20-10-8-18(9-11-20)25-16(2)27/h3,5,7-11,13,15,19,24H,4,6,12,14H2,1-2H3,(H,25,27). The lowest BCUT2D eigenvalue weighted by Crippen LogP contribution is -2.46. The van der Waals surface area contributed by atoms with Crippen LogP contribution in [0.1, 0.15) is 26.7 Å². The van der Waals surface area contributed by atoms with Crippen LogP contribution in [0, 0.1) is 0 Å². The van der Waals surface area contributed by atoms with E-state index < -0.39 is 6.10 Å². The summed E-state index contributed by atoms with van der Waals surface area (Å²) in [6.07, 6.45) is 1.45. The molecule has 1 saturated heterocycles. The summed E-state index contributed by atoms with van der Waals surface area (Å²) in [5.74, 6) is 0.286. The third-order valence-electron chi connectivity index (χ3n) is 4.79. The summed E-state index contributed by atoms with van der Waals surface area (Å²) in [6, 6.07) is 14.5. The average molecular weight is 416 g/mol. The topological polar surface area (TPSA) is 70.7 Å². The van der Waals surface area contributed by atoms with Gasteiger partial charge in [0.05, 0.1) is 0 Å². The van der Waals surface area contributed by atoms with Crippen LogP contribution in [-0.2, 0) is 9.59 Å². The minimum absolute atomic E-state index is 0.133. The Kier molecular flexibility index (Phi) is 7.12. The Labute approximate surface area is 176 Å². The number of carbonyl (C=O) groups is 2. The van der Waals surface area contributed by atoms with Crippen LogP contribution in [0.4, 0.5) is 11.4 Å². The first-order valence-corrected chi connectivity index (χ1v) is 10.1. The molecule has 154 valence electrons. The van der Waals surface area contributed by atoms with E-state index in [9.17, 15) is 9.59 Å². The summed E-state index contributed by atoms with van der Waals surface area (Å²) in [5.41, 5.74) is 1.45. The summed E-state index contributed by atoms with van der Waals surface area (Å²) in [4.78, 5) is 26.2. The minimum Gasteiger partial charge on any atom is -0.481 e. The largest absolute Gasteiger partial charge is 0.481 e. The number of carbonyl (C=O) groups excluding carboxylic acids is 2. The van der Waals surface area contributed by atoms with Gasteiger partial charge in [-0.1, -0.05) is 17.7 Å². The number of halogens is 1. The molecule has 0 saturated carbocycles. The van der Waals surface area contributed by atoms with Gasteiger partial charge in [0.15, 0.2) is 6.10 Å². The molecule has 0 spiro atoms. The van der Waals surface area contributed by atoms with Crippen LogP contribution in [0.25, 0.3) is 0 Å². The monoisotopic (exact) mass is 415 g/mol. The van der Waals surface area contributed by atoms with Gasteiger partial charge in [0, 0.05) is 35.9 Å². The Hall–Kier alpha value is -2.57. The van der Waals surface area contributed by atoms with Gasteiger partial charge >= 0.3 is 0 Å². The third-order valence-corrected chi connectivity index (χ3v) is 5.02. The zero-order valence-electron chi connectivity index (χ0n) is 16.7. The van der Waals surface area contributed by atoms with Crippen molar-refractivity contribution in [1.82, 2.24) is 5.32 Å². The van der Waals surface area contributed by atoms with Crippen molar-refractivity contribution in [1.29, 1.82) is 0 Å². The highest BCUT2D eigenvalue weighted by Crippen LogP contribution is 2.23. The highest BCUT2D eigenvalue weighted by atomic mass is 35.5. The molecule has 6 nitrogen and oxygen atoms in total. The Morgan fingerprint density at radius 3 is 2.66 bits per heavy atom.